The summed E-state index contributed by atoms with van der Waals surface area (Å²) in [5.41, 5.74) is 0. The summed E-state index contributed by atoms with van der Waals surface area (Å²) in [5.74, 6) is 0.322. The second-order valence-corrected chi connectivity index (χ2v) is 2.04. The summed E-state index contributed by atoms with van der Waals surface area (Å²) in [7, 11) is 0. The van der Waals surface area contributed by atoms with Gasteiger partial charge in [0.05, 0.1) is 0 Å². The maximum atomic E-state index is 8.63. The van der Waals surface area contributed by atoms with E-state index in [1.807, 2.05) is 47.6 Å². The van der Waals surface area contributed by atoms with Gasteiger partial charge < -0.3 is 5.11 Å². The highest BCUT2D eigenvalue weighted by molar-refractivity contribution is 5.18. The van der Waals surface area contributed by atoms with E-state index >= 15 is 0 Å². The SMILES string of the molecule is CC.CC.CC.CCC.Oc1ccccc1. The van der Waals surface area contributed by atoms with Gasteiger partial charge >= 0.3 is 0 Å². The van der Waals surface area contributed by atoms with E-state index in [2.05, 4.69) is 13.8 Å². The molecule has 0 saturated carbocycles. The number of aromatic hydroxyl groups is 1. The predicted octanol–water partition coefficient (Wildman–Crippen LogP) is 5.89. The Hall–Kier alpha value is -0.980. The van der Waals surface area contributed by atoms with Gasteiger partial charge in [-0.1, -0.05) is 80.0 Å². The van der Waals surface area contributed by atoms with Crippen LogP contribution in [0.2, 0.25) is 0 Å². The fourth-order valence-electron chi connectivity index (χ4n) is 0.428. The highest BCUT2D eigenvalue weighted by Crippen LogP contribution is 2.02. The molecule has 0 aliphatic heterocycles. The van der Waals surface area contributed by atoms with E-state index in [-0.39, 0.29) is 0 Å². The highest BCUT2D eigenvalue weighted by atomic mass is 16.3. The van der Waals surface area contributed by atoms with Crippen LogP contribution in [0.15, 0.2) is 30.3 Å². The number of benzene rings is 1. The molecule has 0 fully saturated rings. The molecule has 0 aliphatic carbocycles. The summed E-state index contributed by atoms with van der Waals surface area (Å²) in [4.78, 5) is 0. The van der Waals surface area contributed by atoms with E-state index in [1.54, 1.807) is 24.3 Å². The summed E-state index contributed by atoms with van der Waals surface area (Å²) in [6.45, 7) is 16.2. The molecule has 1 N–H and O–H groups in total. The third kappa shape index (κ3) is 38.2. The Bertz CT molecular complexity index is 147. The zero-order valence-electron chi connectivity index (χ0n) is 12.5. The molecular weight excluding hydrogens is 196 g/mol. The minimum absolute atomic E-state index is 0.322. The number of phenolic OH excluding ortho intramolecular Hbond substituents is 1. The number of rotatable bonds is 0. The first-order valence-electron chi connectivity index (χ1n) is 6.55. The largest absolute Gasteiger partial charge is 0.508 e. The van der Waals surface area contributed by atoms with Crippen molar-refractivity contribution >= 4 is 0 Å². The molecule has 0 amide bonds. The first kappa shape index (κ1) is 24.3. The van der Waals surface area contributed by atoms with E-state index in [4.69, 9.17) is 5.11 Å². The lowest BCUT2D eigenvalue weighted by Gasteiger charge is -1.82. The van der Waals surface area contributed by atoms with Crippen LogP contribution in [0.5, 0.6) is 5.75 Å². The first-order chi connectivity index (χ1) is 7.81. The van der Waals surface area contributed by atoms with Crippen molar-refractivity contribution in [3.05, 3.63) is 30.3 Å². The Kier molecular flexibility index (Phi) is 56.1. The van der Waals surface area contributed by atoms with E-state index in [0.717, 1.165) is 0 Å². The fraction of sp³-hybridized carbons (Fsp3) is 0.600. The molecule has 98 valence electrons. The average molecular weight is 228 g/mol. The topological polar surface area (TPSA) is 20.2 Å². The number of phenols is 1. The summed E-state index contributed by atoms with van der Waals surface area (Å²) >= 11 is 0. The van der Waals surface area contributed by atoms with Crippen LogP contribution in [0.3, 0.4) is 0 Å². The minimum Gasteiger partial charge on any atom is -0.508 e. The van der Waals surface area contributed by atoms with Crippen LogP contribution < -0.4 is 0 Å². The van der Waals surface area contributed by atoms with E-state index in [9.17, 15) is 0 Å². The van der Waals surface area contributed by atoms with Crippen molar-refractivity contribution in [1.29, 1.82) is 0 Å². The maximum Gasteiger partial charge on any atom is 0.115 e. The quantitative estimate of drug-likeness (QED) is 0.587. The van der Waals surface area contributed by atoms with E-state index in [1.165, 1.54) is 6.42 Å². The van der Waals surface area contributed by atoms with Gasteiger partial charge in [-0.25, -0.2) is 0 Å². The van der Waals surface area contributed by atoms with Crippen molar-refractivity contribution in [1.82, 2.24) is 0 Å². The Morgan fingerprint density at radius 2 is 1.00 bits per heavy atom. The fourth-order valence-corrected chi connectivity index (χ4v) is 0.428. The van der Waals surface area contributed by atoms with E-state index < -0.39 is 0 Å². The zero-order valence-corrected chi connectivity index (χ0v) is 12.5. The third-order valence-electron chi connectivity index (χ3n) is 0.756. The van der Waals surface area contributed by atoms with Crippen molar-refractivity contribution < 1.29 is 5.11 Å². The molecule has 1 heteroatoms. The van der Waals surface area contributed by atoms with Crippen molar-refractivity contribution in [3.8, 4) is 5.75 Å². The molecule has 0 bridgehead atoms. The second kappa shape index (κ2) is 37.0. The van der Waals surface area contributed by atoms with Crippen molar-refractivity contribution in [3.63, 3.8) is 0 Å². The van der Waals surface area contributed by atoms with Gasteiger partial charge in [-0.2, -0.15) is 0 Å². The lowest BCUT2D eigenvalue weighted by atomic mass is 10.3. The van der Waals surface area contributed by atoms with Crippen LogP contribution in [0, 0.1) is 0 Å². The third-order valence-corrected chi connectivity index (χ3v) is 0.756. The van der Waals surface area contributed by atoms with Gasteiger partial charge in [0, 0.05) is 0 Å². The zero-order chi connectivity index (χ0) is 13.8. The summed E-state index contributed by atoms with van der Waals surface area (Å²) in [5, 5.41) is 8.63. The Morgan fingerprint density at radius 3 is 1.12 bits per heavy atom. The number of para-hydroxylation sites is 1. The van der Waals surface area contributed by atoms with Gasteiger partial charge in [0.25, 0.3) is 0 Å². The van der Waals surface area contributed by atoms with Crippen LogP contribution in [-0.2, 0) is 0 Å². The molecule has 1 nitrogen and oxygen atoms in total. The lowest BCUT2D eigenvalue weighted by Crippen LogP contribution is -1.56. The Balaban J connectivity index is -0.0000000688. The average Bonchev–Trinajstić information content (AvgIpc) is 2.38. The molecule has 0 saturated heterocycles. The molecule has 16 heavy (non-hydrogen) atoms. The van der Waals surface area contributed by atoms with Gasteiger partial charge in [0.15, 0.2) is 0 Å². The highest BCUT2D eigenvalue weighted by Gasteiger charge is 1.74. The predicted molar refractivity (Wildman–Crippen MR) is 78.1 cm³/mol. The number of hydrogen-bond donors (Lipinski definition) is 1. The van der Waals surface area contributed by atoms with Gasteiger partial charge in [-0.15, -0.1) is 0 Å². The molecule has 0 heterocycles. The van der Waals surface area contributed by atoms with E-state index in [0.29, 0.717) is 5.75 Å². The van der Waals surface area contributed by atoms with Crippen molar-refractivity contribution in [2.45, 2.75) is 61.8 Å². The summed E-state index contributed by atoms with van der Waals surface area (Å²) in [6.07, 6.45) is 1.25. The standard InChI is InChI=1S/C6H6O.C3H8.3C2H6/c7-6-4-2-1-3-5-6;1-3-2;3*1-2/h1-5,7H;3H2,1-2H3;3*1-2H3. The maximum absolute atomic E-state index is 8.63. The van der Waals surface area contributed by atoms with Gasteiger partial charge in [-0.3, -0.25) is 0 Å². The normalized spacial score (nSPS) is 6.00. The van der Waals surface area contributed by atoms with Gasteiger partial charge in [-0.05, 0) is 12.1 Å². The van der Waals surface area contributed by atoms with Crippen LogP contribution >= 0.6 is 0 Å². The molecule has 1 rings (SSSR count). The molecule has 0 aliphatic rings. The molecule has 1 aromatic carbocycles. The van der Waals surface area contributed by atoms with Crippen molar-refractivity contribution in [2.75, 3.05) is 0 Å². The number of hydrogen-bond acceptors (Lipinski definition) is 1. The van der Waals surface area contributed by atoms with Gasteiger partial charge in [0.2, 0.25) is 0 Å². The summed E-state index contributed by atoms with van der Waals surface area (Å²) < 4.78 is 0. The molecule has 0 atom stereocenters. The van der Waals surface area contributed by atoms with Crippen LogP contribution in [0.1, 0.15) is 61.8 Å². The second-order valence-electron chi connectivity index (χ2n) is 2.04. The Morgan fingerprint density at radius 1 is 0.750 bits per heavy atom. The Labute approximate surface area is 104 Å². The van der Waals surface area contributed by atoms with Crippen molar-refractivity contribution in [2.24, 2.45) is 0 Å². The van der Waals surface area contributed by atoms with Gasteiger partial charge in [0.1, 0.15) is 5.75 Å². The molecule has 0 aromatic heterocycles. The van der Waals surface area contributed by atoms with Crippen LogP contribution in [0.4, 0.5) is 0 Å². The minimum atomic E-state index is 0.322. The molecule has 1 aromatic rings. The van der Waals surface area contributed by atoms with Crippen LogP contribution in [-0.4, -0.2) is 5.11 Å². The molecular formula is C15H32O. The van der Waals surface area contributed by atoms with Crippen LogP contribution in [0.25, 0.3) is 0 Å². The first-order valence-corrected chi connectivity index (χ1v) is 6.55. The smallest absolute Gasteiger partial charge is 0.115 e. The molecule has 0 spiro atoms. The lowest BCUT2D eigenvalue weighted by molar-refractivity contribution is 0.475. The molecule has 0 unspecified atom stereocenters. The summed E-state index contributed by atoms with van der Waals surface area (Å²) in [6, 6.07) is 8.71. The molecule has 0 radical (unpaired) electrons. The monoisotopic (exact) mass is 228 g/mol.